The molecule has 0 aliphatic heterocycles. The fraction of sp³-hybridized carbons (Fsp3) is 0.500. The molecule has 1 fully saturated rings. The standard InChI is InChI=1S/C12H15N5O2S/c18-5-4-16(10-1-2-10)11(19)7-17-14-12(13-15-17)9-3-6-20-8-9/h3,6,8,10,18H,1-2,4-5,7H2. The van der Waals surface area contributed by atoms with Gasteiger partial charge in [0, 0.05) is 23.5 Å². The van der Waals surface area contributed by atoms with Crippen LogP contribution in [0.25, 0.3) is 11.4 Å². The van der Waals surface area contributed by atoms with Gasteiger partial charge in [0.1, 0.15) is 6.54 Å². The third kappa shape index (κ3) is 2.86. The molecule has 0 radical (unpaired) electrons. The van der Waals surface area contributed by atoms with Crippen molar-refractivity contribution in [2.45, 2.75) is 25.4 Å². The molecule has 106 valence electrons. The number of rotatable bonds is 6. The molecular formula is C12H15N5O2S. The summed E-state index contributed by atoms with van der Waals surface area (Å²) in [5.41, 5.74) is 0.906. The molecule has 0 atom stereocenters. The molecule has 1 amide bonds. The van der Waals surface area contributed by atoms with Gasteiger partial charge in [-0.3, -0.25) is 4.79 Å². The number of carbonyl (C=O) groups is 1. The summed E-state index contributed by atoms with van der Waals surface area (Å²) in [5.74, 6) is 0.454. The Balaban J connectivity index is 1.66. The molecule has 20 heavy (non-hydrogen) atoms. The van der Waals surface area contributed by atoms with Gasteiger partial charge in [0.05, 0.1) is 6.61 Å². The first kappa shape index (κ1) is 13.2. The minimum atomic E-state index is -0.0733. The lowest BCUT2D eigenvalue weighted by atomic mass is 10.3. The Hall–Kier alpha value is -1.80. The molecule has 0 aromatic carbocycles. The number of amides is 1. The first-order valence-corrected chi connectivity index (χ1v) is 7.43. The van der Waals surface area contributed by atoms with Crippen LogP contribution in [0, 0.1) is 0 Å². The minimum Gasteiger partial charge on any atom is -0.395 e. The quantitative estimate of drug-likeness (QED) is 0.832. The number of hydrogen-bond donors (Lipinski definition) is 1. The fourth-order valence-corrected chi connectivity index (χ4v) is 2.67. The molecule has 0 bridgehead atoms. The summed E-state index contributed by atoms with van der Waals surface area (Å²) in [6.45, 7) is 0.413. The maximum atomic E-state index is 12.2. The zero-order chi connectivity index (χ0) is 13.9. The first-order valence-electron chi connectivity index (χ1n) is 6.48. The normalized spacial score (nSPS) is 14.4. The Bertz CT molecular complexity index is 578. The van der Waals surface area contributed by atoms with Crippen molar-refractivity contribution in [3.63, 3.8) is 0 Å². The van der Waals surface area contributed by atoms with Crippen LogP contribution < -0.4 is 0 Å². The second-order valence-electron chi connectivity index (χ2n) is 4.70. The zero-order valence-electron chi connectivity index (χ0n) is 10.8. The molecule has 0 saturated heterocycles. The van der Waals surface area contributed by atoms with Crippen molar-refractivity contribution in [2.75, 3.05) is 13.2 Å². The summed E-state index contributed by atoms with van der Waals surface area (Å²) in [4.78, 5) is 15.2. The van der Waals surface area contributed by atoms with Crippen LogP contribution in [0.3, 0.4) is 0 Å². The highest BCUT2D eigenvalue weighted by atomic mass is 32.1. The zero-order valence-corrected chi connectivity index (χ0v) is 11.7. The van der Waals surface area contributed by atoms with E-state index in [1.54, 1.807) is 16.2 Å². The van der Waals surface area contributed by atoms with Gasteiger partial charge < -0.3 is 10.0 Å². The van der Waals surface area contributed by atoms with Crippen LogP contribution in [0.1, 0.15) is 12.8 Å². The third-order valence-corrected chi connectivity index (χ3v) is 3.84. The van der Waals surface area contributed by atoms with E-state index in [0.29, 0.717) is 12.4 Å². The predicted octanol–water partition coefficient (Wildman–Crippen LogP) is 0.385. The van der Waals surface area contributed by atoms with E-state index >= 15 is 0 Å². The molecule has 1 saturated carbocycles. The van der Waals surface area contributed by atoms with Crippen LogP contribution in [-0.4, -0.2) is 55.3 Å². The highest BCUT2D eigenvalue weighted by Crippen LogP contribution is 2.26. The number of tetrazole rings is 1. The fourth-order valence-electron chi connectivity index (χ4n) is 2.03. The lowest BCUT2D eigenvalue weighted by Crippen LogP contribution is -2.38. The molecular weight excluding hydrogens is 278 g/mol. The maximum absolute atomic E-state index is 12.2. The van der Waals surface area contributed by atoms with Crippen LogP contribution in [-0.2, 0) is 11.3 Å². The van der Waals surface area contributed by atoms with Gasteiger partial charge in [0.2, 0.25) is 11.7 Å². The SMILES string of the molecule is O=C(Cn1nnc(-c2ccsc2)n1)N(CCO)C1CC1. The van der Waals surface area contributed by atoms with E-state index in [4.69, 9.17) is 5.11 Å². The van der Waals surface area contributed by atoms with E-state index in [9.17, 15) is 4.79 Å². The van der Waals surface area contributed by atoms with E-state index in [1.807, 2.05) is 16.8 Å². The lowest BCUT2D eigenvalue weighted by molar-refractivity contribution is -0.133. The summed E-state index contributed by atoms with van der Waals surface area (Å²) >= 11 is 1.56. The van der Waals surface area contributed by atoms with Gasteiger partial charge in [-0.25, -0.2) is 0 Å². The molecule has 2 heterocycles. The van der Waals surface area contributed by atoms with Gasteiger partial charge in [0.15, 0.2) is 0 Å². The summed E-state index contributed by atoms with van der Waals surface area (Å²) in [6, 6.07) is 2.19. The van der Waals surface area contributed by atoms with Crippen LogP contribution >= 0.6 is 11.3 Å². The van der Waals surface area contributed by atoms with E-state index in [0.717, 1.165) is 18.4 Å². The monoisotopic (exact) mass is 293 g/mol. The van der Waals surface area contributed by atoms with Gasteiger partial charge in [-0.05, 0) is 29.5 Å². The first-order chi connectivity index (χ1) is 9.78. The van der Waals surface area contributed by atoms with E-state index < -0.39 is 0 Å². The van der Waals surface area contributed by atoms with E-state index in [-0.39, 0.29) is 25.1 Å². The lowest BCUT2D eigenvalue weighted by Gasteiger charge is -2.20. The molecule has 2 aromatic rings. The second kappa shape index (κ2) is 5.68. The van der Waals surface area contributed by atoms with Gasteiger partial charge in [-0.2, -0.15) is 16.1 Å². The topological polar surface area (TPSA) is 84.1 Å². The molecule has 0 unspecified atom stereocenters. The Kier molecular flexibility index (Phi) is 3.75. The van der Waals surface area contributed by atoms with Crippen LogP contribution in [0.5, 0.6) is 0 Å². The molecule has 7 nitrogen and oxygen atoms in total. The number of carbonyl (C=O) groups excluding carboxylic acids is 1. The van der Waals surface area contributed by atoms with E-state index in [2.05, 4.69) is 15.4 Å². The summed E-state index contributed by atoms with van der Waals surface area (Å²) in [6.07, 6.45) is 2.02. The van der Waals surface area contributed by atoms with Crippen molar-refractivity contribution in [1.82, 2.24) is 25.1 Å². The molecule has 3 rings (SSSR count). The Morgan fingerprint density at radius 3 is 3.05 bits per heavy atom. The van der Waals surface area contributed by atoms with Crippen LogP contribution in [0.15, 0.2) is 16.8 Å². The van der Waals surface area contributed by atoms with Crippen molar-refractivity contribution in [3.05, 3.63) is 16.8 Å². The average molecular weight is 293 g/mol. The number of aromatic nitrogens is 4. The molecule has 0 spiro atoms. The Morgan fingerprint density at radius 2 is 2.40 bits per heavy atom. The average Bonchev–Trinajstić information content (AvgIpc) is 2.93. The van der Waals surface area contributed by atoms with Crippen molar-refractivity contribution < 1.29 is 9.90 Å². The van der Waals surface area contributed by atoms with Gasteiger partial charge in [-0.1, -0.05) is 0 Å². The van der Waals surface area contributed by atoms with Crippen molar-refractivity contribution in [2.24, 2.45) is 0 Å². The summed E-state index contributed by atoms with van der Waals surface area (Å²) in [7, 11) is 0. The Labute approximate surface area is 119 Å². The van der Waals surface area contributed by atoms with E-state index in [1.165, 1.54) is 4.80 Å². The predicted molar refractivity (Wildman–Crippen MR) is 73.0 cm³/mol. The largest absolute Gasteiger partial charge is 0.395 e. The molecule has 8 heteroatoms. The minimum absolute atomic E-state index is 0.0207. The highest BCUT2D eigenvalue weighted by Gasteiger charge is 2.32. The maximum Gasteiger partial charge on any atom is 0.246 e. The molecule has 1 aliphatic rings. The van der Waals surface area contributed by atoms with Crippen LogP contribution in [0.2, 0.25) is 0 Å². The van der Waals surface area contributed by atoms with Crippen LogP contribution in [0.4, 0.5) is 0 Å². The molecule has 2 aromatic heterocycles. The van der Waals surface area contributed by atoms with Crippen molar-refractivity contribution in [3.8, 4) is 11.4 Å². The third-order valence-electron chi connectivity index (χ3n) is 3.16. The summed E-state index contributed by atoms with van der Waals surface area (Å²) < 4.78 is 0. The van der Waals surface area contributed by atoms with Gasteiger partial charge >= 0.3 is 0 Å². The number of aliphatic hydroxyl groups is 1. The van der Waals surface area contributed by atoms with Crippen molar-refractivity contribution >= 4 is 17.2 Å². The van der Waals surface area contributed by atoms with Crippen molar-refractivity contribution in [1.29, 1.82) is 0 Å². The number of hydrogen-bond acceptors (Lipinski definition) is 6. The number of nitrogens with zero attached hydrogens (tertiary/aromatic N) is 5. The van der Waals surface area contributed by atoms with Gasteiger partial charge in [-0.15, -0.1) is 10.2 Å². The van der Waals surface area contributed by atoms with Gasteiger partial charge in [0.25, 0.3) is 0 Å². The Morgan fingerprint density at radius 1 is 1.55 bits per heavy atom. The smallest absolute Gasteiger partial charge is 0.246 e. The number of aliphatic hydroxyl groups excluding tert-OH is 1. The highest BCUT2D eigenvalue weighted by molar-refractivity contribution is 7.08. The molecule has 1 N–H and O–H groups in total. The molecule has 1 aliphatic carbocycles. The summed E-state index contributed by atoms with van der Waals surface area (Å²) in [5, 5.41) is 24.9. The second-order valence-corrected chi connectivity index (χ2v) is 5.48. The number of thiophene rings is 1.